The van der Waals surface area contributed by atoms with E-state index in [0.29, 0.717) is 12.6 Å². The van der Waals surface area contributed by atoms with E-state index in [-0.39, 0.29) is 17.7 Å². The van der Waals surface area contributed by atoms with Crippen molar-refractivity contribution in [3.05, 3.63) is 0 Å². The molecular weight excluding hydrogens is 256 g/mol. The molecule has 0 aromatic rings. The number of amides is 1. The number of carbonyl (C=O) groups is 2. The summed E-state index contributed by atoms with van der Waals surface area (Å²) in [5.74, 6) is -0.759. The predicted molar refractivity (Wildman–Crippen MR) is 76.4 cm³/mol. The number of likely N-dealkylation sites (tertiary alicyclic amines) is 1. The Kier molecular flexibility index (Phi) is 5.40. The van der Waals surface area contributed by atoms with Crippen molar-refractivity contribution < 1.29 is 14.7 Å². The fourth-order valence-electron chi connectivity index (χ4n) is 3.16. The van der Waals surface area contributed by atoms with Crippen LogP contribution in [0.3, 0.4) is 0 Å². The van der Waals surface area contributed by atoms with Gasteiger partial charge in [-0.1, -0.05) is 32.6 Å². The first-order valence-electron chi connectivity index (χ1n) is 7.81. The van der Waals surface area contributed by atoms with Gasteiger partial charge in [0.05, 0.1) is 12.5 Å². The van der Waals surface area contributed by atoms with Crippen LogP contribution in [-0.4, -0.2) is 47.6 Å². The van der Waals surface area contributed by atoms with Gasteiger partial charge in [0.15, 0.2) is 0 Å². The molecule has 2 fully saturated rings. The molecule has 5 nitrogen and oxygen atoms in total. The van der Waals surface area contributed by atoms with Crippen LogP contribution in [0, 0.1) is 11.8 Å². The first-order chi connectivity index (χ1) is 9.56. The normalized spacial score (nSPS) is 23.6. The third-order valence-corrected chi connectivity index (χ3v) is 4.67. The summed E-state index contributed by atoms with van der Waals surface area (Å²) in [6, 6.07) is 0.347. The number of hydrogen-bond acceptors (Lipinski definition) is 3. The molecule has 1 unspecified atom stereocenters. The number of nitrogens with one attached hydrogen (secondary N) is 1. The zero-order chi connectivity index (χ0) is 14.5. The number of carbonyl (C=O) groups excluding carboxylic acids is 1. The molecule has 0 aromatic carbocycles. The smallest absolute Gasteiger partial charge is 0.306 e. The van der Waals surface area contributed by atoms with Crippen LogP contribution in [0.2, 0.25) is 0 Å². The number of carboxylic acids is 1. The van der Waals surface area contributed by atoms with Crippen LogP contribution < -0.4 is 5.32 Å². The minimum absolute atomic E-state index is 0.0957. The van der Waals surface area contributed by atoms with E-state index in [1.165, 1.54) is 25.7 Å². The van der Waals surface area contributed by atoms with Crippen molar-refractivity contribution in [3.63, 3.8) is 0 Å². The highest BCUT2D eigenvalue weighted by Crippen LogP contribution is 2.23. The van der Waals surface area contributed by atoms with Crippen molar-refractivity contribution >= 4 is 11.9 Å². The average molecular weight is 282 g/mol. The van der Waals surface area contributed by atoms with Crippen LogP contribution in [0.15, 0.2) is 0 Å². The highest BCUT2D eigenvalue weighted by Gasteiger charge is 2.35. The van der Waals surface area contributed by atoms with E-state index < -0.39 is 5.97 Å². The molecule has 0 aromatic heterocycles. The van der Waals surface area contributed by atoms with Crippen molar-refractivity contribution in [2.24, 2.45) is 11.8 Å². The van der Waals surface area contributed by atoms with Crippen LogP contribution in [0.1, 0.15) is 45.4 Å². The maximum Gasteiger partial charge on any atom is 0.306 e. The highest BCUT2D eigenvalue weighted by atomic mass is 16.4. The fraction of sp³-hybridized carbons (Fsp3) is 0.867. The lowest BCUT2D eigenvalue weighted by molar-refractivity contribution is -0.145. The SMILES string of the molecule is CC(C(=O)O)C1CN(CC(=O)NC2CCCCCC2)C1. The summed E-state index contributed by atoms with van der Waals surface area (Å²) in [6.07, 6.45) is 7.20. The number of nitrogens with zero attached hydrogens (tertiary/aromatic N) is 1. The molecule has 2 rings (SSSR count). The molecule has 2 N–H and O–H groups in total. The second-order valence-electron chi connectivity index (χ2n) is 6.34. The van der Waals surface area contributed by atoms with Gasteiger partial charge < -0.3 is 10.4 Å². The van der Waals surface area contributed by atoms with Crippen LogP contribution >= 0.6 is 0 Å². The summed E-state index contributed by atoms with van der Waals surface area (Å²) in [4.78, 5) is 24.9. The molecule has 20 heavy (non-hydrogen) atoms. The van der Waals surface area contributed by atoms with Gasteiger partial charge in [-0.3, -0.25) is 14.5 Å². The molecule has 0 bridgehead atoms. The Hall–Kier alpha value is -1.10. The van der Waals surface area contributed by atoms with Crippen LogP contribution in [0.5, 0.6) is 0 Å². The Bertz CT molecular complexity index is 345. The second-order valence-corrected chi connectivity index (χ2v) is 6.34. The maximum atomic E-state index is 12.0. The van der Waals surface area contributed by atoms with Crippen molar-refractivity contribution in [1.29, 1.82) is 0 Å². The van der Waals surface area contributed by atoms with Gasteiger partial charge in [-0.05, 0) is 18.8 Å². The first-order valence-corrected chi connectivity index (χ1v) is 7.81. The lowest BCUT2D eigenvalue weighted by Gasteiger charge is -2.40. The summed E-state index contributed by atoms with van der Waals surface area (Å²) in [5.41, 5.74) is 0. The largest absolute Gasteiger partial charge is 0.481 e. The molecule has 5 heteroatoms. The van der Waals surface area contributed by atoms with Gasteiger partial charge in [-0.25, -0.2) is 0 Å². The molecule has 1 atom stereocenters. The monoisotopic (exact) mass is 282 g/mol. The first kappa shape index (κ1) is 15.3. The van der Waals surface area contributed by atoms with Gasteiger partial charge in [-0.2, -0.15) is 0 Å². The van der Waals surface area contributed by atoms with Crippen molar-refractivity contribution in [3.8, 4) is 0 Å². The molecule has 1 saturated heterocycles. The summed E-state index contributed by atoms with van der Waals surface area (Å²) in [5, 5.41) is 12.1. The Balaban J connectivity index is 1.65. The van der Waals surface area contributed by atoms with E-state index in [9.17, 15) is 9.59 Å². The van der Waals surface area contributed by atoms with Gasteiger partial charge in [0.2, 0.25) is 5.91 Å². The van der Waals surface area contributed by atoms with Gasteiger partial charge >= 0.3 is 5.97 Å². The third-order valence-electron chi connectivity index (χ3n) is 4.67. The van der Waals surface area contributed by atoms with Gasteiger partial charge in [0.1, 0.15) is 0 Å². The third kappa shape index (κ3) is 4.20. The van der Waals surface area contributed by atoms with Crippen molar-refractivity contribution in [2.45, 2.75) is 51.5 Å². The van der Waals surface area contributed by atoms with Crippen LogP contribution in [0.25, 0.3) is 0 Å². The lowest BCUT2D eigenvalue weighted by Crippen LogP contribution is -2.54. The fourth-order valence-corrected chi connectivity index (χ4v) is 3.16. The molecule has 1 aliphatic carbocycles. The summed E-state index contributed by atoms with van der Waals surface area (Å²) < 4.78 is 0. The van der Waals surface area contributed by atoms with E-state index in [2.05, 4.69) is 5.32 Å². The summed E-state index contributed by atoms with van der Waals surface area (Å²) in [7, 11) is 0. The summed E-state index contributed by atoms with van der Waals surface area (Å²) >= 11 is 0. The second kappa shape index (κ2) is 7.07. The number of carboxylic acid groups (broad SMARTS) is 1. The van der Waals surface area contributed by atoms with E-state index in [0.717, 1.165) is 25.9 Å². The minimum Gasteiger partial charge on any atom is -0.481 e. The molecule has 1 heterocycles. The quantitative estimate of drug-likeness (QED) is 0.749. The Labute approximate surface area is 120 Å². The molecule has 0 spiro atoms. The molecule has 0 radical (unpaired) electrons. The van der Waals surface area contributed by atoms with Crippen molar-refractivity contribution in [2.75, 3.05) is 19.6 Å². The molecule has 1 saturated carbocycles. The molecule has 1 amide bonds. The van der Waals surface area contributed by atoms with Gasteiger partial charge in [0, 0.05) is 19.1 Å². The molecular formula is C15H26N2O3. The number of aliphatic carboxylic acids is 1. The molecule has 1 aliphatic heterocycles. The average Bonchev–Trinajstić information content (AvgIpc) is 2.61. The van der Waals surface area contributed by atoms with E-state index in [4.69, 9.17) is 5.11 Å². The Morgan fingerprint density at radius 3 is 2.35 bits per heavy atom. The Morgan fingerprint density at radius 1 is 1.20 bits per heavy atom. The topological polar surface area (TPSA) is 69.6 Å². The number of hydrogen-bond donors (Lipinski definition) is 2. The van der Waals surface area contributed by atoms with E-state index in [1.54, 1.807) is 6.92 Å². The standard InChI is InChI=1S/C15H26N2O3/c1-11(15(19)20)12-8-17(9-12)10-14(18)16-13-6-4-2-3-5-7-13/h11-13H,2-10H2,1H3,(H,16,18)(H,19,20). The van der Waals surface area contributed by atoms with Crippen LogP contribution in [-0.2, 0) is 9.59 Å². The molecule has 114 valence electrons. The van der Waals surface area contributed by atoms with E-state index >= 15 is 0 Å². The highest BCUT2D eigenvalue weighted by molar-refractivity contribution is 5.78. The van der Waals surface area contributed by atoms with Gasteiger partial charge in [0.25, 0.3) is 0 Å². The zero-order valence-corrected chi connectivity index (χ0v) is 12.3. The minimum atomic E-state index is -0.738. The van der Waals surface area contributed by atoms with E-state index in [1.807, 2.05) is 4.90 Å². The zero-order valence-electron chi connectivity index (χ0n) is 12.3. The van der Waals surface area contributed by atoms with Crippen LogP contribution in [0.4, 0.5) is 0 Å². The predicted octanol–water partition coefficient (Wildman–Crippen LogP) is 1.48. The Morgan fingerprint density at radius 2 is 1.80 bits per heavy atom. The van der Waals surface area contributed by atoms with Gasteiger partial charge in [-0.15, -0.1) is 0 Å². The summed E-state index contributed by atoms with van der Waals surface area (Å²) in [6.45, 7) is 3.62. The van der Waals surface area contributed by atoms with Crippen molar-refractivity contribution in [1.82, 2.24) is 10.2 Å². The lowest BCUT2D eigenvalue weighted by atomic mass is 9.87. The molecule has 2 aliphatic rings. The maximum absolute atomic E-state index is 12.0. The number of rotatable bonds is 5.